The number of ketones is 1. The highest BCUT2D eigenvalue weighted by atomic mass is 20.1. The molecule has 0 unspecified atom stereocenters. The number of aliphatic carboxylic acids is 3. The van der Waals surface area contributed by atoms with Crippen LogP contribution in [0.3, 0.4) is 0 Å². The summed E-state index contributed by atoms with van der Waals surface area (Å²) in [5.41, 5.74) is 3.95. The zero-order chi connectivity index (χ0) is 119. The topological polar surface area (TPSA) is 224 Å². The van der Waals surface area contributed by atoms with E-state index >= 15 is 0 Å². The van der Waals surface area contributed by atoms with Gasteiger partial charge in [-0.15, -0.1) is 0 Å². The van der Waals surface area contributed by atoms with Crippen LogP contribution in [0.1, 0.15) is 59.3 Å². The monoisotopic (exact) mass is 2290 g/mol. The summed E-state index contributed by atoms with van der Waals surface area (Å²) in [4.78, 5) is 53.9. The van der Waals surface area contributed by atoms with Gasteiger partial charge in [0.1, 0.15) is 17.9 Å². The Balaban J connectivity index is -0.0000000131. The highest BCUT2D eigenvalue weighted by molar-refractivity contribution is 5.79. The van der Waals surface area contributed by atoms with Gasteiger partial charge in [-0.1, -0.05) is 0 Å². The molecule has 0 aromatic rings. The number of nitrogens with zero attached hydrogens (tertiary/aromatic N) is 1. The zero-order valence-electron chi connectivity index (χ0n) is 58.0. The van der Waals surface area contributed by atoms with Crippen LogP contribution in [-0.2, 0) is 38.1 Å². The van der Waals surface area contributed by atoms with E-state index in [2.05, 4.69) is 11.1 Å². The van der Waals surface area contributed by atoms with Crippen molar-refractivity contribution in [3.8, 4) is 0 Å². The molecule has 15 nitrogen and oxygen atoms in total. The molecule has 0 bridgehead atoms. The van der Waals surface area contributed by atoms with Crippen molar-refractivity contribution in [3.05, 3.63) is 0 Å². The summed E-state index contributed by atoms with van der Waals surface area (Å²) in [5.74, 6) is -2.46. The minimum absolute atomic E-state index is 0. The number of carbonyl (C=O) groups is 5. The molecular weight excluding hydrogens is 2240 g/mol. The Hall–Kier alpha value is -9.08. The van der Waals surface area contributed by atoms with Crippen molar-refractivity contribution in [2.75, 3.05) is 59.3 Å². The lowest BCUT2D eigenvalue weighted by atomic mass is 10.1. The van der Waals surface area contributed by atoms with E-state index in [0.717, 1.165) is 26.1 Å². The quantitative estimate of drug-likeness (QED) is 0.150. The van der Waals surface area contributed by atoms with E-state index in [1.807, 2.05) is 0 Å². The van der Waals surface area contributed by atoms with Gasteiger partial charge < -0.3 is 45.3 Å². The molecule has 0 radical (unpaired) electrons. The summed E-state index contributed by atoms with van der Waals surface area (Å²) in [6.45, 7) is 8.58. The normalized spacial score (nSPS) is 7.62. The highest BCUT2D eigenvalue weighted by Gasteiger charge is 2.31. The van der Waals surface area contributed by atoms with Gasteiger partial charge in [-0.05, 0) is 46.5 Å². The SMILES string of the molecule is CC(C)(C)OC(=O)N(CC(=O)O)C1CCOCC1.F.FF.FF.FF.FF.FF.FF.FF.FF.FF.FF.FF.FF.FF.FF.FF.FF.FF.FF.FF.FF.FF.FF.FF.FF.FF.FF.FF.FF.FF.FF.FF.FF.FF.FF.FF.FF.FF.FF.FF.FF.FF.FF.FF.FF.NCC(=O)O.O=C(O)CNC1CCOCC1.O=C1CCOCC1. The van der Waals surface area contributed by atoms with Gasteiger partial charge in [-0.3, -0.25) is 28.8 Å². The second-order valence-electron chi connectivity index (χ2n) is 10.3. The number of nitrogens with one attached hydrogen (secondary N) is 1. The minimum Gasteiger partial charge on any atom is -0.480 e. The number of hydrogen-bond acceptors (Lipinski definition) is 11. The lowest BCUT2D eigenvalue weighted by molar-refractivity contribution is -0.139. The predicted octanol–water partition coefficient (Wildman–Crippen LogP) is 37.9. The van der Waals surface area contributed by atoms with Crippen molar-refractivity contribution in [1.82, 2.24) is 10.2 Å². The fourth-order valence-electron chi connectivity index (χ4n) is 3.54. The average molecular weight is 2290 g/mol. The van der Waals surface area contributed by atoms with Crippen LogP contribution < -0.4 is 11.1 Å². The van der Waals surface area contributed by atoms with E-state index in [4.69, 9.17) is 437 Å². The van der Waals surface area contributed by atoms with E-state index < -0.39 is 29.6 Å². The minimum atomic E-state index is -1.03. The summed E-state index contributed by atoms with van der Waals surface area (Å²) < 4.78 is 724. The van der Waals surface area contributed by atoms with Crippen LogP contribution in [0.4, 0.5) is 412 Å². The maximum absolute atomic E-state index is 12.0. The molecule has 0 aromatic heterocycles. The molecule has 6 N–H and O–H groups in total. The van der Waals surface area contributed by atoms with E-state index in [1.54, 1.807) is 20.8 Å². The van der Waals surface area contributed by atoms with Gasteiger partial charge in [0.25, 0.3) is 0 Å². The number of amides is 1. The third-order valence-electron chi connectivity index (χ3n) is 5.55. The van der Waals surface area contributed by atoms with E-state index in [-0.39, 0.29) is 30.4 Å². The fraction of sp³-hybridized carbons (Fsp3) is 0.808. The van der Waals surface area contributed by atoms with Gasteiger partial charge in [-0.25, -0.2) is 4.79 Å². The van der Waals surface area contributed by atoms with Gasteiger partial charge in [0, 0.05) is 454 Å². The third-order valence-corrected chi connectivity index (χ3v) is 5.55. The molecular formula is C26H48F89N3O12. The van der Waals surface area contributed by atoms with Crippen molar-refractivity contribution in [2.24, 2.45) is 5.73 Å². The summed E-state index contributed by atoms with van der Waals surface area (Å²) in [5, 5.41) is 27.8. The van der Waals surface area contributed by atoms with E-state index in [0.29, 0.717) is 63.9 Å². The van der Waals surface area contributed by atoms with Gasteiger partial charge in [0.2, 0.25) is 0 Å². The molecule has 0 atom stereocenters. The second kappa shape index (κ2) is 1010. The number of halogens is 89. The van der Waals surface area contributed by atoms with Crippen LogP contribution in [0.15, 0.2) is 0 Å². The van der Waals surface area contributed by atoms with Crippen LogP contribution in [0.5, 0.6) is 0 Å². The van der Waals surface area contributed by atoms with Gasteiger partial charge >= 0.3 is 24.0 Å². The molecule has 3 fully saturated rings. The van der Waals surface area contributed by atoms with E-state index in [9.17, 15) is 24.0 Å². The maximum Gasteiger partial charge on any atom is 0.411 e. The molecule has 104 heteroatoms. The number of carboxylic acid groups (broad SMARTS) is 3. The second-order valence-corrected chi connectivity index (χ2v) is 10.3. The number of carbonyl (C=O) groups excluding carboxylic acids is 2. The maximum atomic E-state index is 12.0. The van der Waals surface area contributed by atoms with Crippen LogP contribution in [0.2, 0.25) is 0 Å². The van der Waals surface area contributed by atoms with Gasteiger partial charge in [0.15, 0.2) is 0 Å². The third kappa shape index (κ3) is 1090. The van der Waals surface area contributed by atoms with Crippen molar-refractivity contribution >= 4 is 29.8 Å². The Labute approximate surface area is 650 Å². The molecule has 0 saturated carbocycles. The molecule has 1 amide bonds. The number of carboxylic acids is 3. The number of Topliss-reactive ketones (excluding diaryl/α,β-unsaturated/α-hetero) is 1. The number of nitrogens with two attached hydrogens (primary N) is 1. The van der Waals surface area contributed by atoms with Crippen LogP contribution in [0.25, 0.3) is 0 Å². The van der Waals surface area contributed by atoms with E-state index in [1.165, 1.54) is 4.90 Å². The molecule has 3 aliphatic rings. The Morgan fingerprint density at radius 3 is 0.554 bits per heavy atom. The molecule has 3 saturated heterocycles. The largest absolute Gasteiger partial charge is 0.480 e. The Bertz CT molecular complexity index is 900. The molecule has 130 heavy (non-hydrogen) atoms. The Morgan fingerprint density at radius 2 is 0.438 bits per heavy atom. The van der Waals surface area contributed by atoms with Crippen molar-refractivity contribution in [3.63, 3.8) is 0 Å². The van der Waals surface area contributed by atoms with Crippen molar-refractivity contribution < 1.29 is 465 Å². The van der Waals surface area contributed by atoms with Crippen LogP contribution in [0, 0.1) is 0 Å². The van der Waals surface area contributed by atoms with Crippen LogP contribution >= 0.6 is 0 Å². The average Bonchev–Trinajstić information content (AvgIpc) is 0.856. The first-order chi connectivity index (χ1) is 63.2. The highest BCUT2D eigenvalue weighted by Crippen LogP contribution is 2.18. The predicted molar refractivity (Wildman–Crippen MR) is 246 cm³/mol. The Morgan fingerprint density at radius 1 is 0.292 bits per heavy atom. The first-order valence-corrected chi connectivity index (χ1v) is 19.9. The van der Waals surface area contributed by atoms with Gasteiger partial charge in [-0.2, -0.15) is 0 Å². The molecule has 862 valence electrons. The molecule has 3 rings (SSSR count). The van der Waals surface area contributed by atoms with Crippen molar-refractivity contribution in [1.29, 1.82) is 0 Å². The molecule has 3 aliphatic heterocycles. The summed E-state index contributed by atoms with van der Waals surface area (Å²) in [6.07, 6.45) is 3.82. The number of hydrogen-bond donors (Lipinski definition) is 5. The Kier molecular flexibility index (Phi) is 2410. The molecule has 0 aromatic carbocycles. The molecule has 3 heterocycles. The first kappa shape index (κ1) is 310. The summed E-state index contributed by atoms with van der Waals surface area (Å²) >= 11 is 0. The number of ether oxygens (including phenoxy) is 4. The first-order valence-electron chi connectivity index (χ1n) is 19.9. The van der Waals surface area contributed by atoms with Crippen molar-refractivity contribution in [2.45, 2.75) is 77.0 Å². The fourth-order valence-corrected chi connectivity index (χ4v) is 3.54. The zero-order valence-corrected chi connectivity index (χ0v) is 58.0. The number of rotatable bonds is 7. The molecule has 0 spiro atoms. The van der Waals surface area contributed by atoms with Gasteiger partial charge in [0.05, 0.1) is 26.3 Å². The smallest absolute Gasteiger partial charge is 0.411 e. The lowest BCUT2D eigenvalue weighted by Crippen LogP contribution is -2.48. The standard InChI is InChI=1S/C12H21NO5.C7H13NO3.C5H8O2.C2H5NO2.44F2.FH/c1-12(2,3)18-11(16)13(8-10(14)15)9-4-6-17-7-5-9;9-7(10)5-8-6-1-3-11-4-2-6;6-5-1-3-7-4-2-5;3-1-2(4)5;44*1-2;/h9H,4-8H2,1-3H3,(H,14,15);6,8H,1-5H2,(H,9,10);1-4H2;1,3H2,(H,4,5);;;;;;;;;;;;;;;;;;;;;;;;;;;;;;;;;;;;;;;;;;;;;1H. The summed E-state index contributed by atoms with van der Waals surface area (Å²) in [7, 11) is 0. The molecule has 0 aliphatic carbocycles. The summed E-state index contributed by atoms with van der Waals surface area (Å²) in [6, 6.07) is 0.213. The van der Waals surface area contributed by atoms with Crippen LogP contribution in [-0.4, -0.2) is 127 Å². The lowest BCUT2D eigenvalue weighted by Gasteiger charge is -2.34.